The van der Waals surface area contributed by atoms with Gasteiger partial charge in [0.15, 0.2) is 0 Å². The Morgan fingerprint density at radius 1 is 1.33 bits per heavy atom. The third-order valence-electron chi connectivity index (χ3n) is 4.56. The van der Waals surface area contributed by atoms with E-state index < -0.39 is 12.1 Å². The highest BCUT2D eigenvalue weighted by Crippen LogP contribution is 2.26. The molecular weight excluding hydrogens is 272 g/mol. The maximum atomic E-state index is 12.8. The number of hydrogen-bond acceptors (Lipinski definition) is 4. The Balaban J connectivity index is 2.10. The summed E-state index contributed by atoms with van der Waals surface area (Å²) in [5.41, 5.74) is 0. The fourth-order valence-electron chi connectivity index (χ4n) is 3.34. The first-order valence-corrected chi connectivity index (χ1v) is 7.79. The minimum atomic E-state index is -0.542. The Labute approximate surface area is 126 Å². The molecule has 0 radical (unpaired) electrons. The first kappa shape index (κ1) is 16.1. The quantitative estimate of drug-likeness (QED) is 0.858. The second-order valence-corrected chi connectivity index (χ2v) is 6.10. The molecule has 6 heteroatoms. The van der Waals surface area contributed by atoms with Crippen molar-refractivity contribution in [1.82, 2.24) is 10.2 Å². The normalized spacial score (nSPS) is 30.8. The van der Waals surface area contributed by atoms with Gasteiger partial charge in [-0.15, -0.1) is 0 Å². The molecule has 2 aliphatic heterocycles. The number of nitrogens with one attached hydrogen (secondary N) is 1. The lowest BCUT2D eigenvalue weighted by Crippen LogP contribution is -2.54. The van der Waals surface area contributed by atoms with Crippen LogP contribution in [0.1, 0.15) is 39.5 Å². The van der Waals surface area contributed by atoms with Crippen LogP contribution in [0.4, 0.5) is 4.79 Å². The van der Waals surface area contributed by atoms with Gasteiger partial charge in [0.2, 0.25) is 5.91 Å². The number of ether oxygens (including phenoxy) is 2. The van der Waals surface area contributed by atoms with E-state index in [1.165, 1.54) is 7.11 Å². The average Bonchev–Trinajstić information content (AvgIpc) is 2.90. The van der Waals surface area contributed by atoms with Crippen molar-refractivity contribution >= 4 is 12.0 Å². The van der Waals surface area contributed by atoms with E-state index in [4.69, 9.17) is 4.74 Å². The van der Waals surface area contributed by atoms with Crippen molar-refractivity contribution in [2.24, 2.45) is 5.92 Å². The van der Waals surface area contributed by atoms with E-state index in [1.807, 2.05) is 11.8 Å². The van der Waals surface area contributed by atoms with E-state index in [-0.39, 0.29) is 24.0 Å². The van der Waals surface area contributed by atoms with E-state index in [2.05, 4.69) is 17.0 Å². The summed E-state index contributed by atoms with van der Waals surface area (Å²) in [4.78, 5) is 26.3. The highest BCUT2D eigenvalue weighted by Gasteiger charge is 2.38. The molecule has 2 heterocycles. The van der Waals surface area contributed by atoms with Crippen molar-refractivity contribution in [1.29, 1.82) is 0 Å². The monoisotopic (exact) mass is 298 g/mol. The topological polar surface area (TPSA) is 67.9 Å². The molecule has 1 N–H and O–H groups in total. The van der Waals surface area contributed by atoms with E-state index >= 15 is 0 Å². The molecule has 0 aromatic heterocycles. The van der Waals surface area contributed by atoms with Crippen LogP contribution in [0.25, 0.3) is 0 Å². The molecule has 0 aromatic carbocycles. The summed E-state index contributed by atoms with van der Waals surface area (Å²) in [5.74, 6) is 0.123. The number of alkyl carbamates (subject to hydrolysis) is 1. The van der Waals surface area contributed by atoms with Gasteiger partial charge in [0.05, 0.1) is 13.2 Å². The maximum absolute atomic E-state index is 12.8. The second kappa shape index (κ2) is 7.11. The van der Waals surface area contributed by atoms with Gasteiger partial charge in [-0.25, -0.2) is 4.79 Å². The Hall–Kier alpha value is -1.30. The van der Waals surface area contributed by atoms with Crippen molar-refractivity contribution in [3.05, 3.63) is 0 Å². The number of likely N-dealkylation sites (tertiary alicyclic amines) is 1. The van der Waals surface area contributed by atoms with Crippen LogP contribution in [-0.4, -0.2) is 55.3 Å². The Morgan fingerprint density at radius 3 is 2.67 bits per heavy atom. The van der Waals surface area contributed by atoms with Crippen LogP contribution in [0.2, 0.25) is 0 Å². The van der Waals surface area contributed by atoms with Gasteiger partial charge in [0.25, 0.3) is 0 Å². The van der Waals surface area contributed by atoms with E-state index in [0.717, 1.165) is 32.2 Å². The number of methoxy groups -OCH3 is 1. The first-order valence-electron chi connectivity index (χ1n) is 7.79. The molecule has 21 heavy (non-hydrogen) atoms. The van der Waals surface area contributed by atoms with Crippen molar-refractivity contribution in [2.75, 3.05) is 20.3 Å². The third-order valence-corrected chi connectivity index (χ3v) is 4.56. The molecule has 0 spiro atoms. The third kappa shape index (κ3) is 3.87. The van der Waals surface area contributed by atoms with Gasteiger partial charge in [-0.05, 0) is 45.4 Å². The number of carbonyl (C=O) groups excluding carboxylic acids is 2. The van der Waals surface area contributed by atoms with Gasteiger partial charge in [0.1, 0.15) is 6.04 Å². The Kier molecular flexibility index (Phi) is 5.45. The van der Waals surface area contributed by atoms with E-state index in [1.54, 1.807) is 0 Å². The summed E-state index contributed by atoms with van der Waals surface area (Å²) in [6.07, 6.45) is 3.20. The lowest BCUT2D eigenvalue weighted by Gasteiger charge is -2.35. The minimum Gasteiger partial charge on any atom is -0.453 e. The summed E-state index contributed by atoms with van der Waals surface area (Å²) in [6.45, 7) is 5.48. The predicted molar refractivity (Wildman–Crippen MR) is 77.9 cm³/mol. The SMILES string of the molecule is COC(=O)N[C@H](C(=O)N1CCC[C@@H]1C)[C@@H]1CCO[C@@H](C)C1. The molecule has 6 nitrogen and oxygen atoms in total. The zero-order valence-corrected chi connectivity index (χ0v) is 13.1. The van der Waals surface area contributed by atoms with Gasteiger partial charge in [-0.3, -0.25) is 4.79 Å². The van der Waals surface area contributed by atoms with Crippen molar-refractivity contribution < 1.29 is 19.1 Å². The molecular formula is C15H26N2O4. The number of rotatable bonds is 3. The molecule has 4 atom stereocenters. The summed E-state index contributed by atoms with van der Waals surface area (Å²) in [6, 6.07) is -0.263. The van der Waals surface area contributed by atoms with Crippen LogP contribution >= 0.6 is 0 Å². The zero-order valence-electron chi connectivity index (χ0n) is 13.1. The lowest BCUT2D eigenvalue weighted by molar-refractivity contribution is -0.136. The van der Waals surface area contributed by atoms with Crippen molar-refractivity contribution in [3.8, 4) is 0 Å². The Morgan fingerprint density at radius 2 is 2.10 bits per heavy atom. The van der Waals surface area contributed by atoms with Crippen LogP contribution in [-0.2, 0) is 14.3 Å². The molecule has 0 saturated carbocycles. The van der Waals surface area contributed by atoms with Crippen LogP contribution in [0.3, 0.4) is 0 Å². The molecule has 120 valence electrons. The Bertz CT molecular complexity index is 388. The predicted octanol–water partition coefficient (Wildman–Crippen LogP) is 1.54. The highest BCUT2D eigenvalue weighted by atomic mass is 16.5. The molecule has 0 aliphatic carbocycles. The summed E-state index contributed by atoms with van der Waals surface area (Å²) >= 11 is 0. The number of amides is 2. The van der Waals surface area contributed by atoms with Crippen LogP contribution in [0.15, 0.2) is 0 Å². The van der Waals surface area contributed by atoms with Gasteiger partial charge in [-0.2, -0.15) is 0 Å². The molecule has 0 unspecified atom stereocenters. The molecule has 0 bridgehead atoms. The average molecular weight is 298 g/mol. The zero-order chi connectivity index (χ0) is 15.4. The molecule has 2 aliphatic rings. The van der Waals surface area contributed by atoms with Crippen LogP contribution < -0.4 is 5.32 Å². The molecule has 0 aromatic rings. The molecule has 2 fully saturated rings. The fraction of sp³-hybridized carbons (Fsp3) is 0.867. The second-order valence-electron chi connectivity index (χ2n) is 6.10. The van der Waals surface area contributed by atoms with E-state index in [9.17, 15) is 9.59 Å². The molecule has 2 amide bonds. The minimum absolute atomic E-state index is 0.0181. The van der Waals surface area contributed by atoms with Crippen molar-refractivity contribution in [2.45, 2.75) is 57.7 Å². The van der Waals surface area contributed by atoms with Gasteiger partial charge in [0, 0.05) is 19.2 Å². The lowest BCUT2D eigenvalue weighted by atomic mass is 9.88. The standard InChI is InChI=1S/C15H26N2O4/c1-10-5-4-7-17(10)14(18)13(16-15(19)20-3)12-6-8-21-11(2)9-12/h10-13H,4-9H2,1-3H3,(H,16,19)/t10-,11-,12+,13-/m0/s1. The summed E-state index contributed by atoms with van der Waals surface area (Å²) in [5, 5.41) is 2.75. The van der Waals surface area contributed by atoms with Gasteiger partial charge < -0.3 is 19.7 Å². The van der Waals surface area contributed by atoms with Gasteiger partial charge in [-0.1, -0.05) is 0 Å². The molecule has 2 saturated heterocycles. The number of hydrogen-bond donors (Lipinski definition) is 1. The maximum Gasteiger partial charge on any atom is 0.407 e. The van der Waals surface area contributed by atoms with E-state index in [0.29, 0.717) is 6.61 Å². The fourth-order valence-corrected chi connectivity index (χ4v) is 3.34. The largest absolute Gasteiger partial charge is 0.453 e. The summed E-state index contributed by atoms with van der Waals surface area (Å²) in [7, 11) is 1.32. The number of nitrogens with zero attached hydrogens (tertiary/aromatic N) is 1. The highest BCUT2D eigenvalue weighted by molar-refractivity contribution is 5.86. The smallest absolute Gasteiger partial charge is 0.407 e. The summed E-state index contributed by atoms with van der Waals surface area (Å²) < 4.78 is 10.2. The van der Waals surface area contributed by atoms with Crippen molar-refractivity contribution in [3.63, 3.8) is 0 Å². The number of carbonyl (C=O) groups is 2. The van der Waals surface area contributed by atoms with Crippen LogP contribution in [0.5, 0.6) is 0 Å². The molecule has 2 rings (SSSR count). The first-order chi connectivity index (χ1) is 10.0. The van der Waals surface area contributed by atoms with Gasteiger partial charge >= 0.3 is 6.09 Å². The van der Waals surface area contributed by atoms with Crippen LogP contribution in [0, 0.1) is 5.92 Å².